The van der Waals surface area contributed by atoms with Gasteiger partial charge in [-0.1, -0.05) is 0 Å². The van der Waals surface area contributed by atoms with E-state index in [0.717, 1.165) is 25.8 Å². The summed E-state index contributed by atoms with van der Waals surface area (Å²) in [6.07, 6.45) is 5.87. The van der Waals surface area contributed by atoms with Gasteiger partial charge in [-0.05, 0) is 38.8 Å². The molecule has 2 rings (SSSR count). The van der Waals surface area contributed by atoms with Crippen LogP contribution in [0.25, 0.3) is 0 Å². The highest BCUT2D eigenvalue weighted by Gasteiger charge is 2.24. The van der Waals surface area contributed by atoms with Crippen LogP contribution < -0.4 is 10.0 Å². The Morgan fingerprint density at radius 1 is 1.38 bits per heavy atom. The molecule has 138 valence electrons. The summed E-state index contributed by atoms with van der Waals surface area (Å²) in [5, 5.41) is 3.07. The van der Waals surface area contributed by atoms with Crippen molar-refractivity contribution in [1.29, 1.82) is 0 Å². The van der Waals surface area contributed by atoms with Gasteiger partial charge in [0.25, 0.3) is 10.0 Å². The Morgan fingerprint density at radius 3 is 2.58 bits per heavy atom. The summed E-state index contributed by atoms with van der Waals surface area (Å²) in [6, 6.07) is 0. The van der Waals surface area contributed by atoms with Crippen LogP contribution in [0.1, 0.15) is 19.3 Å². The molecule has 0 atom stereocenters. The number of halogens is 1. The van der Waals surface area contributed by atoms with Gasteiger partial charge in [0.1, 0.15) is 0 Å². The Labute approximate surface area is 149 Å². The predicted octanol–water partition coefficient (Wildman–Crippen LogP) is -0.0317. The smallest absolute Gasteiger partial charge is 0.260 e. The summed E-state index contributed by atoms with van der Waals surface area (Å²) in [5.74, 6) is 0.452. The van der Waals surface area contributed by atoms with Gasteiger partial charge in [-0.15, -0.1) is 12.4 Å². The van der Waals surface area contributed by atoms with Crippen LogP contribution in [-0.2, 0) is 21.9 Å². The maximum atomic E-state index is 12.2. The van der Waals surface area contributed by atoms with E-state index in [9.17, 15) is 13.2 Å². The minimum absolute atomic E-state index is 0. The molecule has 2 heterocycles. The van der Waals surface area contributed by atoms with Crippen molar-refractivity contribution < 1.29 is 13.2 Å². The van der Waals surface area contributed by atoms with Crippen molar-refractivity contribution in [2.24, 2.45) is 13.0 Å². The summed E-state index contributed by atoms with van der Waals surface area (Å²) in [5.41, 5.74) is 0. The molecule has 8 nitrogen and oxygen atoms in total. The van der Waals surface area contributed by atoms with Crippen LogP contribution >= 0.6 is 12.4 Å². The van der Waals surface area contributed by atoms with Crippen molar-refractivity contribution in [3.05, 3.63) is 12.5 Å². The van der Waals surface area contributed by atoms with E-state index in [1.807, 2.05) is 7.05 Å². The summed E-state index contributed by atoms with van der Waals surface area (Å²) in [6.45, 7) is 2.15. The summed E-state index contributed by atoms with van der Waals surface area (Å²) in [7, 11) is -0.107. The monoisotopic (exact) mass is 379 g/mol. The summed E-state index contributed by atoms with van der Waals surface area (Å²) in [4.78, 5) is 17.7. The lowest BCUT2D eigenvalue weighted by molar-refractivity contribution is -0.131. The zero-order chi connectivity index (χ0) is 16.9. The number of carbonyl (C=O) groups excluding carboxylic acids is 1. The van der Waals surface area contributed by atoms with Crippen LogP contribution in [0.3, 0.4) is 0 Å². The number of nitrogens with zero attached hydrogens (tertiary/aromatic N) is 3. The van der Waals surface area contributed by atoms with Gasteiger partial charge in [0, 0.05) is 26.3 Å². The van der Waals surface area contributed by atoms with Gasteiger partial charge in [-0.3, -0.25) is 4.79 Å². The topological polar surface area (TPSA) is 96.3 Å². The van der Waals surface area contributed by atoms with Crippen LogP contribution in [0.2, 0.25) is 0 Å². The number of aryl methyl sites for hydroxylation is 1. The third kappa shape index (κ3) is 5.73. The molecule has 1 aromatic rings. The van der Waals surface area contributed by atoms with E-state index in [-0.39, 0.29) is 29.9 Å². The molecule has 2 N–H and O–H groups in total. The number of piperidine rings is 1. The largest absolute Gasteiger partial charge is 0.342 e. The lowest BCUT2D eigenvalue weighted by atomic mass is 9.93. The number of rotatable bonds is 7. The number of hydrogen-bond donors (Lipinski definition) is 2. The first-order valence-electron chi connectivity index (χ1n) is 7.82. The fourth-order valence-electron chi connectivity index (χ4n) is 2.69. The van der Waals surface area contributed by atoms with Gasteiger partial charge in [0.05, 0.1) is 12.9 Å². The van der Waals surface area contributed by atoms with E-state index in [2.05, 4.69) is 15.0 Å². The number of carbonyl (C=O) groups is 1. The minimum Gasteiger partial charge on any atom is -0.342 e. The lowest BCUT2D eigenvalue weighted by Gasteiger charge is -2.32. The number of likely N-dealkylation sites (tertiary alicyclic amines) is 1. The van der Waals surface area contributed by atoms with Crippen LogP contribution in [0.4, 0.5) is 0 Å². The SMILES string of the molecule is CNCCC1CCN(C(=O)CNS(=O)(=O)c2cn(C)cn2)CC1.Cl. The molecule has 1 aliphatic rings. The fourth-order valence-corrected chi connectivity index (χ4v) is 3.64. The van der Waals surface area contributed by atoms with Crippen LogP contribution in [0.15, 0.2) is 17.6 Å². The zero-order valence-electron chi connectivity index (χ0n) is 14.1. The molecular formula is C14H26ClN5O3S. The van der Waals surface area contributed by atoms with Crippen LogP contribution in [-0.4, -0.2) is 62.0 Å². The number of hydrogen-bond acceptors (Lipinski definition) is 5. The fraction of sp³-hybridized carbons (Fsp3) is 0.714. The second kappa shape index (κ2) is 9.36. The first kappa shape index (κ1) is 20.9. The molecule has 0 unspecified atom stereocenters. The maximum absolute atomic E-state index is 12.2. The van der Waals surface area contributed by atoms with Crippen LogP contribution in [0, 0.1) is 5.92 Å². The highest BCUT2D eigenvalue weighted by molar-refractivity contribution is 7.89. The van der Waals surface area contributed by atoms with Crippen molar-refractivity contribution >= 4 is 28.3 Å². The number of aromatic nitrogens is 2. The molecule has 1 aromatic heterocycles. The molecule has 0 saturated carbocycles. The van der Waals surface area contributed by atoms with E-state index in [0.29, 0.717) is 19.0 Å². The lowest BCUT2D eigenvalue weighted by Crippen LogP contribution is -2.44. The first-order valence-corrected chi connectivity index (χ1v) is 9.30. The van der Waals surface area contributed by atoms with Crippen molar-refractivity contribution in [3.63, 3.8) is 0 Å². The molecule has 0 radical (unpaired) electrons. The molecule has 10 heteroatoms. The molecule has 24 heavy (non-hydrogen) atoms. The zero-order valence-corrected chi connectivity index (χ0v) is 15.7. The second-order valence-electron chi connectivity index (χ2n) is 5.92. The number of sulfonamides is 1. The third-order valence-corrected chi connectivity index (χ3v) is 5.43. The Bertz CT molecular complexity index is 626. The van der Waals surface area contributed by atoms with E-state index in [4.69, 9.17) is 0 Å². The first-order chi connectivity index (χ1) is 10.9. The van der Waals surface area contributed by atoms with Gasteiger partial charge in [0.2, 0.25) is 5.91 Å². The second-order valence-corrected chi connectivity index (χ2v) is 7.63. The van der Waals surface area contributed by atoms with Gasteiger partial charge in [-0.2, -0.15) is 0 Å². The molecule has 1 fully saturated rings. The van der Waals surface area contributed by atoms with Crippen LogP contribution in [0.5, 0.6) is 0 Å². The van der Waals surface area contributed by atoms with E-state index in [1.54, 1.807) is 16.5 Å². The quantitative estimate of drug-likeness (QED) is 0.693. The van der Waals surface area contributed by atoms with Crippen molar-refractivity contribution in [2.75, 3.05) is 33.2 Å². The number of nitrogens with one attached hydrogen (secondary N) is 2. The molecule has 0 bridgehead atoms. The number of imidazole rings is 1. The summed E-state index contributed by atoms with van der Waals surface area (Å²) >= 11 is 0. The maximum Gasteiger partial charge on any atom is 0.260 e. The van der Waals surface area contributed by atoms with Gasteiger partial charge in [-0.25, -0.2) is 18.1 Å². The Kier molecular flexibility index (Phi) is 8.14. The van der Waals surface area contributed by atoms with E-state index < -0.39 is 10.0 Å². The molecule has 1 amide bonds. The standard InChI is InChI=1S/C14H25N5O3S.ClH/c1-15-6-3-12-4-7-19(8-5-12)14(20)9-17-23(21,22)13-10-18(2)11-16-13;/h10-12,15,17H,3-9H2,1-2H3;1H. The van der Waals surface area contributed by atoms with E-state index in [1.165, 1.54) is 12.5 Å². The Morgan fingerprint density at radius 2 is 2.04 bits per heavy atom. The summed E-state index contributed by atoms with van der Waals surface area (Å²) < 4.78 is 28.0. The van der Waals surface area contributed by atoms with E-state index >= 15 is 0 Å². The average molecular weight is 380 g/mol. The Balaban J connectivity index is 0.00000288. The third-order valence-electron chi connectivity index (χ3n) is 4.14. The van der Waals surface area contributed by atoms with Crippen molar-refractivity contribution in [3.8, 4) is 0 Å². The number of amides is 1. The van der Waals surface area contributed by atoms with Gasteiger partial charge in [0.15, 0.2) is 5.03 Å². The van der Waals surface area contributed by atoms with Crippen molar-refractivity contribution in [2.45, 2.75) is 24.3 Å². The highest BCUT2D eigenvalue weighted by atomic mass is 35.5. The Hall–Kier alpha value is -1.16. The molecule has 0 aliphatic carbocycles. The molecule has 1 saturated heterocycles. The average Bonchev–Trinajstić information content (AvgIpc) is 2.98. The molecule has 0 aromatic carbocycles. The normalized spacial score (nSPS) is 16.0. The minimum atomic E-state index is -3.73. The molecule has 0 spiro atoms. The predicted molar refractivity (Wildman–Crippen MR) is 93.5 cm³/mol. The molecule has 1 aliphatic heterocycles. The molecular weight excluding hydrogens is 354 g/mol. The van der Waals surface area contributed by atoms with Gasteiger partial charge < -0.3 is 14.8 Å². The van der Waals surface area contributed by atoms with Gasteiger partial charge >= 0.3 is 0 Å². The van der Waals surface area contributed by atoms with Crippen molar-refractivity contribution in [1.82, 2.24) is 24.5 Å². The highest BCUT2D eigenvalue weighted by Crippen LogP contribution is 2.19.